The molecule has 0 unspecified atom stereocenters. The van der Waals surface area contributed by atoms with Crippen LogP contribution in [0.25, 0.3) is 0 Å². The summed E-state index contributed by atoms with van der Waals surface area (Å²) in [5.41, 5.74) is -0.367. The second kappa shape index (κ2) is 27.6. The van der Waals surface area contributed by atoms with Crippen molar-refractivity contribution >= 4 is 11.8 Å². The molecule has 0 heterocycles. The number of carbonyl (C=O) groups is 2. The molecule has 0 bridgehead atoms. The number of carbonyl (C=O) groups excluding carboxylic acids is 2. The Bertz CT molecular complexity index is 529. The Morgan fingerprint density at radius 2 is 0.842 bits per heavy atom. The maximum absolute atomic E-state index is 12.0. The number of rotatable bonds is 29. The first kappa shape index (κ1) is 37.0. The van der Waals surface area contributed by atoms with Crippen LogP contribution in [0.4, 0.5) is 0 Å². The van der Waals surface area contributed by atoms with Crippen molar-refractivity contribution in [2.75, 3.05) is 39.6 Å². The van der Waals surface area contributed by atoms with E-state index in [1.165, 1.54) is 70.6 Å². The van der Waals surface area contributed by atoms with E-state index < -0.39 is 0 Å². The zero-order valence-corrected chi connectivity index (χ0v) is 25.6. The van der Waals surface area contributed by atoms with Crippen molar-refractivity contribution in [3.8, 4) is 0 Å². The highest BCUT2D eigenvalue weighted by Gasteiger charge is 2.15. The summed E-state index contributed by atoms with van der Waals surface area (Å²) in [6.45, 7) is 11.7. The lowest BCUT2D eigenvalue weighted by atomic mass is 10.0. The van der Waals surface area contributed by atoms with Crippen LogP contribution in [0.2, 0.25) is 0 Å². The third kappa shape index (κ3) is 31.2. The van der Waals surface area contributed by atoms with Gasteiger partial charge in [-0.3, -0.25) is 9.59 Å². The van der Waals surface area contributed by atoms with Gasteiger partial charge in [-0.25, -0.2) is 0 Å². The molecule has 0 aliphatic rings. The van der Waals surface area contributed by atoms with E-state index in [1.54, 1.807) is 0 Å². The molecule has 226 valence electrons. The molecule has 38 heavy (non-hydrogen) atoms. The summed E-state index contributed by atoms with van der Waals surface area (Å²) >= 11 is 0. The predicted octanol–water partition coefficient (Wildman–Crippen LogP) is 8.38. The molecule has 0 rings (SSSR count). The van der Waals surface area contributed by atoms with Gasteiger partial charge in [-0.1, -0.05) is 84.0 Å². The lowest BCUT2D eigenvalue weighted by molar-refractivity contribution is -0.154. The number of Topliss-reactive ketones (excluding diaryl/α,β-unsaturated/α-hetero) is 1. The van der Waals surface area contributed by atoms with Gasteiger partial charge < -0.3 is 18.9 Å². The van der Waals surface area contributed by atoms with Crippen LogP contribution in [0.1, 0.15) is 150 Å². The monoisotopic (exact) mass is 542 g/mol. The van der Waals surface area contributed by atoms with E-state index in [1.807, 2.05) is 20.8 Å². The zero-order valence-electron chi connectivity index (χ0n) is 25.6. The van der Waals surface area contributed by atoms with Gasteiger partial charge in [0, 0.05) is 32.5 Å². The highest BCUT2D eigenvalue weighted by Crippen LogP contribution is 2.15. The summed E-state index contributed by atoms with van der Waals surface area (Å²) in [6.07, 6.45) is 21.1. The van der Waals surface area contributed by atoms with Crippen molar-refractivity contribution in [1.82, 2.24) is 0 Å². The van der Waals surface area contributed by atoms with Crippen molar-refractivity contribution in [2.24, 2.45) is 0 Å². The maximum atomic E-state index is 12.0. The number of hydrogen-bond donors (Lipinski definition) is 0. The van der Waals surface area contributed by atoms with Crippen LogP contribution >= 0.6 is 0 Å². The predicted molar refractivity (Wildman–Crippen MR) is 157 cm³/mol. The normalized spacial score (nSPS) is 11.7. The largest absolute Gasteiger partial charge is 0.460 e. The summed E-state index contributed by atoms with van der Waals surface area (Å²) in [7, 11) is 0. The summed E-state index contributed by atoms with van der Waals surface area (Å²) < 4.78 is 21.7. The van der Waals surface area contributed by atoms with E-state index in [0.29, 0.717) is 51.7 Å². The average Bonchev–Trinajstić information content (AvgIpc) is 2.86. The number of esters is 1. The summed E-state index contributed by atoms with van der Waals surface area (Å²) in [5, 5.41) is 0. The molecule has 6 heteroatoms. The minimum atomic E-state index is -0.367. The van der Waals surface area contributed by atoms with Gasteiger partial charge in [0.2, 0.25) is 0 Å². The number of unbranched alkanes of at least 4 members (excludes halogenated alkanes) is 13. The van der Waals surface area contributed by atoms with E-state index in [2.05, 4.69) is 6.92 Å². The van der Waals surface area contributed by atoms with Gasteiger partial charge in [-0.2, -0.15) is 0 Å². The van der Waals surface area contributed by atoms with Crippen LogP contribution in [-0.4, -0.2) is 57.0 Å². The smallest absolute Gasteiger partial charge is 0.306 e. The van der Waals surface area contributed by atoms with E-state index in [4.69, 9.17) is 18.9 Å². The summed E-state index contributed by atoms with van der Waals surface area (Å²) in [5.74, 6) is 0.311. The van der Waals surface area contributed by atoms with Gasteiger partial charge in [-0.05, 0) is 46.5 Å². The van der Waals surface area contributed by atoms with Crippen LogP contribution in [-0.2, 0) is 28.5 Å². The first-order valence-electron chi connectivity index (χ1n) is 15.8. The molecule has 0 saturated heterocycles. The van der Waals surface area contributed by atoms with Gasteiger partial charge in [-0.15, -0.1) is 0 Å². The molecule has 0 aromatic carbocycles. The highest BCUT2D eigenvalue weighted by atomic mass is 16.6. The molecular formula is C32H62O6. The molecule has 0 aliphatic carbocycles. The first-order valence-corrected chi connectivity index (χ1v) is 15.8. The molecule has 0 aliphatic heterocycles. The zero-order chi connectivity index (χ0) is 28.2. The topological polar surface area (TPSA) is 71.1 Å². The minimum absolute atomic E-state index is 0.0647. The van der Waals surface area contributed by atoms with Gasteiger partial charge in [0.15, 0.2) is 0 Å². The molecule has 0 atom stereocenters. The van der Waals surface area contributed by atoms with Crippen LogP contribution in [0.15, 0.2) is 0 Å². The third-order valence-corrected chi connectivity index (χ3v) is 6.34. The van der Waals surface area contributed by atoms with E-state index in [-0.39, 0.29) is 11.6 Å². The van der Waals surface area contributed by atoms with Crippen LogP contribution in [0.5, 0.6) is 0 Å². The van der Waals surface area contributed by atoms with Crippen LogP contribution in [0, 0.1) is 0 Å². The Morgan fingerprint density at radius 3 is 1.29 bits per heavy atom. The molecule has 6 nitrogen and oxygen atoms in total. The van der Waals surface area contributed by atoms with E-state index >= 15 is 0 Å². The maximum Gasteiger partial charge on any atom is 0.306 e. The second-order valence-electron chi connectivity index (χ2n) is 11.5. The Kier molecular flexibility index (Phi) is 26.9. The lowest BCUT2D eigenvalue weighted by Gasteiger charge is -2.19. The highest BCUT2D eigenvalue weighted by molar-refractivity contribution is 5.78. The minimum Gasteiger partial charge on any atom is -0.460 e. The van der Waals surface area contributed by atoms with Gasteiger partial charge >= 0.3 is 5.97 Å². The quantitative estimate of drug-likeness (QED) is 0.0698. The molecule has 0 spiro atoms. The number of hydrogen-bond acceptors (Lipinski definition) is 6. The van der Waals surface area contributed by atoms with Crippen molar-refractivity contribution in [2.45, 2.75) is 155 Å². The third-order valence-electron chi connectivity index (χ3n) is 6.34. The molecular weight excluding hydrogens is 480 g/mol. The molecule has 0 aromatic rings. The average molecular weight is 543 g/mol. The fourth-order valence-corrected chi connectivity index (χ4v) is 4.29. The molecule has 0 N–H and O–H groups in total. The van der Waals surface area contributed by atoms with Gasteiger partial charge in [0.25, 0.3) is 0 Å². The van der Waals surface area contributed by atoms with Crippen molar-refractivity contribution in [1.29, 1.82) is 0 Å². The number of ketones is 1. The Labute approximate surface area is 235 Å². The molecule has 0 amide bonds. The Balaban J connectivity index is 3.21. The number of ether oxygens (including phenoxy) is 4. The lowest BCUT2D eigenvalue weighted by Crippen LogP contribution is -2.23. The molecule has 0 fully saturated rings. The SMILES string of the molecule is CCCOCCOCCOCCCC(=O)CCCCCCCCCCCCCCCCC(=O)OC(C)(C)C. The fraction of sp³-hybridized carbons (Fsp3) is 0.938. The Morgan fingerprint density at radius 1 is 0.474 bits per heavy atom. The van der Waals surface area contributed by atoms with Crippen molar-refractivity contribution in [3.05, 3.63) is 0 Å². The van der Waals surface area contributed by atoms with E-state index in [9.17, 15) is 9.59 Å². The standard InChI is InChI=1S/C32H62O6/c1-5-24-35-26-28-37-29-27-36-25-20-22-30(33)21-18-16-14-12-10-8-6-7-9-11-13-15-17-19-23-31(34)38-32(2,3)4/h5-29H2,1-4H3. The second-order valence-corrected chi connectivity index (χ2v) is 11.5. The van der Waals surface area contributed by atoms with Crippen molar-refractivity contribution < 1.29 is 28.5 Å². The van der Waals surface area contributed by atoms with Gasteiger partial charge in [0.1, 0.15) is 11.4 Å². The molecule has 0 saturated carbocycles. The Hall–Kier alpha value is -0.980. The molecule has 0 aromatic heterocycles. The fourth-order valence-electron chi connectivity index (χ4n) is 4.29. The van der Waals surface area contributed by atoms with E-state index in [0.717, 1.165) is 45.1 Å². The molecule has 0 radical (unpaired) electrons. The van der Waals surface area contributed by atoms with Gasteiger partial charge in [0.05, 0.1) is 26.4 Å². The van der Waals surface area contributed by atoms with Crippen molar-refractivity contribution in [3.63, 3.8) is 0 Å². The first-order chi connectivity index (χ1) is 18.3. The van der Waals surface area contributed by atoms with Crippen LogP contribution < -0.4 is 0 Å². The summed E-state index contributed by atoms with van der Waals surface area (Å²) in [4.78, 5) is 23.7. The van der Waals surface area contributed by atoms with Crippen LogP contribution in [0.3, 0.4) is 0 Å². The summed E-state index contributed by atoms with van der Waals surface area (Å²) in [6, 6.07) is 0.